The van der Waals surface area contributed by atoms with E-state index >= 15 is 0 Å². The largest absolute Gasteiger partial charge is 0.496 e. The third-order valence-corrected chi connectivity index (χ3v) is 2.90. The number of methoxy groups -OCH3 is 1. The fraction of sp³-hybridized carbons (Fsp3) is 0.385. The van der Waals surface area contributed by atoms with Gasteiger partial charge in [-0.1, -0.05) is 18.6 Å². The van der Waals surface area contributed by atoms with E-state index in [4.69, 9.17) is 10.5 Å². The van der Waals surface area contributed by atoms with Gasteiger partial charge in [0.15, 0.2) is 5.82 Å². The zero-order valence-corrected chi connectivity index (χ0v) is 11.0. The summed E-state index contributed by atoms with van der Waals surface area (Å²) in [7, 11) is 1.66. The molecule has 0 saturated heterocycles. The first-order valence-electron chi connectivity index (χ1n) is 6.02. The van der Waals surface area contributed by atoms with Crippen LogP contribution in [-0.2, 0) is 6.42 Å². The van der Waals surface area contributed by atoms with Gasteiger partial charge in [0.1, 0.15) is 5.75 Å². The van der Waals surface area contributed by atoms with E-state index in [0.29, 0.717) is 5.82 Å². The van der Waals surface area contributed by atoms with Crippen molar-refractivity contribution in [3.05, 3.63) is 29.5 Å². The number of nitrogens with two attached hydrogens (primary N) is 1. The minimum absolute atomic E-state index is 0.505. The second-order valence-electron chi connectivity index (χ2n) is 4.24. The Morgan fingerprint density at radius 3 is 2.78 bits per heavy atom. The van der Waals surface area contributed by atoms with Crippen molar-refractivity contribution in [1.29, 1.82) is 0 Å². The third-order valence-electron chi connectivity index (χ3n) is 2.90. The lowest BCUT2D eigenvalue weighted by molar-refractivity contribution is 0.411. The van der Waals surface area contributed by atoms with Gasteiger partial charge in [0.2, 0.25) is 0 Å². The number of nitrogens with zero attached hydrogens (tertiary/aromatic N) is 3. The minimum atomic E-state index is 0.505. The summed E-state index contributed by atoms with van der Waals surface area (Å²) >= 11 is 0. The van der Waals surface area contributed by atoms with Crippen molar-refractivity contribution in [2.24, 2.45) is 0 Å². The molecule has 1 heterocycles. The molecule has 0 atom stereocenters. The molecule has 0 aliphatic carbocycles. The second-order valence-corrected chi connectivity index (χ2v) is 4.24. The molecule has 0 fully saturated rings. The third kappa shape index (κ3) is 2.16. The van der Waals surface area contributed by atoms with Gasteiger partial charge < -0.3 is 10.5 Å². The number of aromatic nitrogens is 3. The predicted octanol–water partition coefficient (Wildman–Crippen LogP) is 2.12. The van der Waals surface area contributed by atoms with E-state index in [2.05, 4.69) is 17.2 Å². The van der Waals surface area contributed by atoms with Gasteiger partial charge in [0.05, 0.1) is 18.5 Å². The van der Waals surface area contributed by atoms with E-state index in [-0.39, 0.29) is 0 Å². The van der Waals surface area contributed by atoms with Crippen molar-refractivity contribution < 1.29 is 4.74 Å². The number of anilines is 1. The minimum Gasteiger partial charge on any atom is -0.496 e. The van der Waals surface area contributed by atoms with Gasteiger partial charge in [0.25, 0.3) is 0 Å². The summed E-state index contributed by atoms with van der Waals surface area (Å²) < 4.78 is 7.05. The van der Waals surface area contributed by atoms with Gasteiger partial charge >= 0.3 is 0 Å². The zero-order valence-electron chi connectivity index (χ0n) is 11.0. The summed E-state index contributed by atoms with van der Waals surface area (Å²) in [5.41, 5.74) is 8.82. The average molecular weight is 246 g/mol. The van der Waals surface area contributed by atoms with Crippen LogP contribution in [0.3, 0.4) is 0 Å². The van der Waals surface area contributed by atoms with Gasteiger partial charge in [-0.05, 0) is 37.1 Å². The summed E-state index contributed by atoms with van der Waals surface area (Å²) in [4.78, 5) is 0. The maximum atomic E-state index is 5.84. The Kier molecular flexibility index (Phi) is 3.50. The maximum absolute atomic E-state index is 5.84. The number of benzene rings is 1. The number of ether oxygens (including phenoxy) is 1. The normalized spacial score (nSPS) is 10.6. The first-order valence-corrected chi connectivity index (χ1v) is 6.02. The number of nitrogen functional groups attached to an aromatic ring is 1. The molecule has 5 nitrogen and oxygen atoms in total. The maximum Gasteiger partial charge on any atom is 0.169 e. The van der Waals surface area contributed by atoms with E-state index < -0.39 is 0 Å². The highest BCUT2D eigenvalue weighted by molar-refractivity contribution is 5.46. The first-order chi connectivity index (χ1) is 8.67. The van der Waals surface area contributed by atoms with Crippen molar-refractivity contribution in [3.8, 4) is 11.4 Å². The van der Waals surface area contributed by atoms with Gasteiger partial charge in [-0.2, -0.15) is 0 Å². The Morgan fingerprint density at radius 1 is 1.39 bits per heavy atom. The molecule has 18 heavy (non-hydrogen) atoms. The molecule has 2 N–H and O–H groups in total. The Bertz CT molecular complexity index is 548. The number of rotatable bonds is 4. The van der Waals surface area contributed by atoms with E-state index in [1.54, 1.807) is 11.8 Å². The van der Waals surface area contributed by atoms with Crippen LogP contribution in [0.25, 0.3) is 5.69 Å². The zero-order chi connectivity index (χ0) is 13.1. The number of hydrogen-bond donors (Lipinski definition) is 1. The van der Waals surface area contributed by atoms with Gasteiger partial charge in [-0.3, -0.25) is 0 Å². The fourth-order valence-electron chi connectivity index (χ4n) is 1.99. The SMILES string of the molecule is CCCc1c(N)nnn1-c1ccc(OC)c(C)c1. The molecule has 0 saturated carbocycles. The van der Waals surface area contributed by atoms with Crippen LogP contribution in [0.15, 0.2) is 18.2 Å². The van der Waals surface area contributed by atoms with Crippen molar-refractivity contribution >= 4 is 5.82 Å². The van der Waals surface area contributed by atoms with Crippen LogP contribution in [0.1, 0.15) is 24.6 Å². The molecular formula is C13H18N4O. The molecule has 0 radical (unpaired) electrons. The molecule has 0 unspecified atom stereocenters. The van der Waals surface area contributed by atoms with Gasteiger partial charge in [-0.15, -0.1) is 5.10 Å². The van der Waals surface area contributed by atoms with Crippen LogP contribution in [0, 0.1) is 6.92 Å². The highest BCUT2D eigenvalue weighted by Gasteiger charge is 2.11. The molecule has 2 aromatic rings. The smallest absolute Gasteiger partial charge is 0.169 e. The van der Waals surface area contributed by atoms with Crippen molar-refractivity contribution in [2.45, 2.75) is 26.7 Å². The Balaban J connectivity index is 2.45. The van der Waals surface area contributed by atoms with Crippen molar-refractivity contribution in [3.63, 3.8) is 0 Å². The van der Waals surface area contributed by atoms with Crippen LogP contribution >= 0.6 is 0 Å². The molecule has 0 spiro atoms. The van der Waals surface area contributed by atoms with E-state index in [1.165, 1.54) is 0 Å². The van der Waals surface area contributed by atoms with E-state index in [9.17, 15) is 0 Å². The highest BCUT2D eigenvalue weighted by Crippen LogP contribution is 2.22. The molecular weight excluding hydrogens is 228 g/mol. The molecule has 2 rings (SSSR count). The average Bonchev–Trinajstić information content (AvgIpc) is 2.72. The lowest BCUT2D eigenvalue weighted by atomic mass is 10.2. The fourth-order valence-corrected chi connectivity index (χ4v) is 1.99. The van der Waals surface area contributed by atoms with Gasteiger partial charge in [0, 0.05) is 0 Å². The van der Waals surface area contributed by atoms with Crippen LogP contribution in [0.2, 0.25) is 0 Å². The highest BCUT2D eigenvalue weighted by atomic mass is 16.5. The number of hydrogen-bond acceptors (Lipinski definition) is 4. The van der Waals surface area contributed by atoms with Gasteiger partial charge in [-0.25, -0.2) is 4.68 Å². The van der Waals surface area contributed by atoms with Crippen molar-refractivity contribution in [2.75, 3.05) is 12.8 Å². The molecule has 1 aromatic heterocycles. The quantitative estimate of drug-likeness (QED) is 0.897. The van der Waals surface area contributed by atoms with Crippen LogP contribution < -0.4 is 10.5 Å². The molecule has 1 aromatic carbocycles. The second kappa shape index (κ2) is 5.08. The first kappa shape index (κ1) is 12.4. The summed E-state index contributed by atoms with van der Waals surface area (Å²) in [6, 6.07) is 5.91. The Morgan fingerprint density at radius 2 is 2.17 bits per heavy atom. The molecule has 0 bridgehead atoms. The topological polar surface area (TPSA) is 66.0 Å². The Hall–Kier alpha value is -2.04. The van der Waals surface area contributed by atoms with Crippen LogP contribution in [0.4, 0.5) is 5.82 Å². The van der Waals surface area contributed by atoms with E-state index in [1.807, 2.05) is 25.1 Å². The molecule has 96 valence electrons. The lowest BCUT2D eigenvalue weighted by Crippen LogP contribution is -2.04. The predicted molar refractivity (Wildman–Crippen MR) is 71.1 cm³/mol. The summed E-state index contributed by atoms with van der Waals surface area (Å²) in [5, 5.41) is 8.05. The molecule has 0 amide bonds. The number of aryl methyl sites for hydroxylation is 1. The molecule has 5 heteroatoms. The molecule has 0 aliphatic heterocycles. The van der Waals surface area contributed by atoms with E-state index in [0.717, 1.165) is 35.5 Å². The van der Waals surface area contributed by atoms with Crippen molar-refractivity contribution in [1.82, 2.24) is 15.0 Å². The standard InChI is InChI=1S/C13H18N4O/c1-4-5-11-13(14)15-16-17(11)10-6-7-12(18-3)9(2)8-10/h6-8H,4-5,14H2,1-3H3. The molecule has 0 aliphatic rings. The lowest BCUT2D eigenvalue weighted by Gasteiger charge is -2.09. The summed E-state index contributed by atoms with van der Waals surface area (Å²) in [6.07, 6.45) is 1.87. The van der Waals surface area contributed by atoms with Crippen LogP contribution in [-0.4, -0.2) is 22.1 Å². The summed E-state index contributed by atoms with van der Waals surface area (Å²) in [6.45, 7) is 4.11. The Labute approximate surface area is 107 Å². The summed E-state index contributed by atoms with van der Waals surface area (Å²) in [5.74, 6) is 1.37. The van der Waals surface area contributed by atoms with Crippen LogP contribution in [0.5, 0.6) is 5.75 Å². The monoisotopic (exact) mass is 246 g/mol.